The van der Waals surface area contributed by atoms with Crippen molar-refractivity contribution < 1.29 is 9.59 Å². The standard InChI is InChI=1S/C12H18N2O2/c1-3-4-5-6-7-14-10(2)8-11(9-15)12(16)13-14/h8H,3-7H2,1-2H3,(H,13,16). The molecule has 0 aromatic rings. The molecule has 0 aliphatic carbocycles. The summed E-state index contributed by atoms with van der Waals surface area (Å²) in [5, 5.41) is 1.79. The van der Waals surface area contributed by atoms with Gasteiger partial charge in [-0.05, 0) is 19.4 Å². The maximum Gasteiger partial charge on any atom is 0.281 e. The van der Waals surface area contributed by atoms with Crippen LogP contribution in [-0.4, -0.2) is 23.4 Å². The second kappa shape index (κ2) is 6.13. The number of amides is 1. The van der Waals surface area contributed by atoms with Crippen molar-refractivity contribution in [2.75, 3.05) is 6.54 Å². The minimum atomic E-state index is -0.365. The normalized spacial score (nSPS) is 15.6. The summed E-state index contributed by atoms with van der Waals surface area (Å²) in [5.41, 5.74) is 3.63. The lowest BCUT2D eigenvalue weighted by molar-refractivity contribution is -0.121. The highest BCUT2D eigenvalue weighted by atomic mass is 16.2. The van der Waals surface area contributed by atoms with Crippen LogP contribution in [0.3, 0.4) is 0 Å². The van der Waals surface area contributed by atoms with Crippen LogP contribution < -0.4 is 5.43 Å². The molecule has 1 N–H and O–H groups in total. The predicted molar refractivity (Wildman–Crippen MR) is 62.0 cm³/mol. The van der Waals surface area contributed by atoms with Gasteiger partial charge >= 0.3 is 0 Å². The van der Waals surface area contributed by atoms with Gasteiger partial charge < -0.3 is 0 Å². The molecule has 0 unspecified atom stereocenters. The molecule has 0 spiro atoms. The molecule has 88 valence electrons. The van der Waals surface area contributed by atoms with E-state index in [1.54, 1.807) is 17.0 Å². The van der Waals surface area contributed by atoms with E-state index in [2.05, 4.69) is 12.3 Å². The molecule has 0 atom stereocenters. The van der Waals surface area contributed by atoms with Crippen molar-refractivity contribution in [3.8, 4) is 0 Å². The molecule has 0 bridgehead atoms. The number of hydrogen-bond donors (Lipinski definition) is 1. The van der Waals surface area contributed by atoms with Gasteiger partial charge in [-0.3, -0.25) is 15.2 Å². The van der Waals surface area contributed by atoms with Gasteiger partial charge in [0.25, 0.3) is 5.91 Å². The molecule has 1 amide bonds. The van der Waals surface area contributed by atoms with E-state index in [9.17, 15) is 9.59 Å². The topological polar surface area (TPSA) is 49.4 Å². The fourth-order valence-corrected chi connectivity index (χ4v) is 1.63. The van der Waals surface area contributed by atoms with Crippen molar-refractivity contribution in [1.82, 2.24) is 10.4 Å². The number of nitrogens with zero attached hydrogens (tertiary/aromatic N) is 1. The van der Waals surface area contributed by atoms with Crippen LogP contribution in [0.4, 0.5) is 0 Å². The lowest BCUT2D eigenvalue weighted by Crippen LogP contribution is -2.45. The molecule has 0 radical (unpaired) electrons. The number of carbonyl (C=O) groups is 1. The van der Waals surface area contributed by atoms with Crippen LogP contribution in [0.2, 0.25) is 0 Å². The number of nitrogens with one attached hydrogen (secondary N) is 1. The molecule has 0 aromatic carbocycles. The maximum atomic E-state index is 11.4. The Labute approximate surface area is 96.0 Å². The minimum Gasteiger partial charge on any atom is -0.290 e. The zero-order chi connectivity index (χ0) is 12.0. The van der Waals surface area contributed by atoms with Crippen LogP contribution in [0.15, 0.2) is 17.3 Å². The summed E-state index contributed by atoms with van der Waals surface area (Å²) in [4.78, 5) is 21.8. The third kappa shape index (κ3) is 3.24. The molecule has 0 aromatic heterocycles. The smallest absolute Gasteiger partial charge is 0.281 e. The van der Waals surface area contributed by atoms with E-state index in [1.165, 1.54) is 12.8 Å². The summed E-state index contributed by atoms with van der Waals surface area (Å²) < 4.78 is 0. The fraction of sp³-hybridized carbons (Fsp3) is 0.583. The molecular weight excluding hydrogens is 204 g/mol. The molecular formula is C12H18N2O2. The fourth-order valence-electron chi connectivity index (χ4n) is 1.63. The van der Waals surface area contributed by atoms with Crippen molar-refractivity contribution in [3.63, 3.8) is 0 Å². The van der Waals surface area contributed by atoms with Crippen molar-refractivity contribution in [1.29, 1.82) is 0 Å². The van der Waals surface area contributed by atoms with E-state index < -0.39 is 0 Å². The van der Waals surface area contributed by atoms with Gasteiger partial charge in [0.1, 0.15) is 11.5 Å². The van der Waals surface area contributed by atoms with Crippen LogP contribution in [0.1, 0.15) is 39.5 Å². The molecule has 1 heterocycles. The van der Waals surface area contributed by atoms with Crippen LogP contribution in [-0.2, 0) is 9.59 Å². The van der Waals surface area contributed by atoms with Crippen molar-refractivity contribution in [2.45, 2.75) is 39.5 Å². The molecule has 4 heteroatoms. The summed E-state index contributed by atoms with van der Waals surface area (Å²) in [6.45, 7) is 4.83. The highest BCUT2D eigenvalue weighted by Crippen LogP contribution is 2.12. The van der Waals surface area contributed by atoms with Gasteiger partial charge in [-0.1, -0.05) is 26.2 Å². The first-order valence-corrected chi connectivity index (χ1v) is 5.71. The zero-order valence-corrected chi connectivity index (χ0v) is 9.88. The Kier molecular flexibility index (Phi) is 4.80. The summed E-state index contributed by atoms with van der Waals surface area (Å²) in [5.74, 6) is 1.27. The van der Waals surface area contributed by atoms with E-state index >= 15 is 0 Å². The number of allylic oxidation sites excluding steroid dienone is 1. The predicted octanol–water partition coefficient (Wildman–Crippen LogP) is 1.58. The first-order valence-electron chi connectivity index (χ1n) is 5.71. The van der Waals surface area contributed by atoms with Gasteiger partial charge in [-0.25, -0.2) is 4.79 Å². The van der Waals surface area contributed by atoms with Crippen LogP contribution in [0.25, 0.3) is 0 Å². The Morgan fingerprint density at radius 1 is 1.38 bits per heavy atom. The molecule has 16 heavy (non-hydrogen) atoms. The minimum absolute atomic E-state index is 0.0716. The molecule has 0 saturated carbocycles. The summed E-state index contributed by atoms with van der Waals surface area (Å²) in [7, 11) is 0. The highest BCUT2D eigenvalue weighted by molar-refractivity contribution is 6.04. The summed E-state index contributed by atoms with van der Waals surface area (Å²) >= 11 is 0. The van der Waals surface area contributed by atoms with Gasteiger partial charge in [0.2, 0.25) is 0 Å². The first-order chi connectivity index (χ1) is 7.69. The lowest BCUT2D eigenvalue weighted by Gasteiger charge is -2.29. The quantitative estimate of drug-likeness (QED) is 0.436. The van der Waals surface area contributed by atoms with Gasteiger partial charge in [-0.2, -0.15) is 0 Å². The zero-order valence-electron chi connectivity index (χ0n) is 9.88. The van der Waals surface area contributed by atoms with Crippen LogP contribution in [0.5, 0.6) is 0 Å². The largest absolute Gasteiger partial charge is 0.290 e. The van der Waals surface area contributed by atoms with Crippen LogP contribution >= 0.6 is 0 Å². The Bertz CT molecular complexity index is 341. The third-order valence-corrected chi connectivity index (χ3v) is 2.61. The SMILES string of the molecule is CCCCCCN1NC(=O)C(=C=O)C=C1C. The number of carbonyl (C=O) groups excluding carboxylic acids is 2. The molecule has 1 aliphatic heterocycles. The molecule has 1 aliphatic rings. The Balaban J connectivity index is 2.50. The monoisotopic (exact) mass is 222 g/mol. The van der Waals surface area contributed by atoms with Gasteiger partial charge in [0, 0.05) is 12.2 Å². The van der Waals surface area contributed by atoms with Crippen molar-refractivity contribution in [2.24, 2.45) is 0 Å². The van der Waals surface area contributed by atoms with Gasteiger partial charge in [0.05, 0.1) is 0 Å². The van der Waals surface area contributed by atoms with Crippen LogP contribution in [0, 0.1) is 0 Å². The van der Waals surface area contributed by atoms with E-state index in [0.717, 1.165) is 25.1 Å². The summed E-state index contributed by atoms with van der Waals surface area (Å²) in [6, 6.07) is 0. The molecule has 1 rings (SSSR count). The molecule has 4 nitrogen and oxygen atoms in total. The summed E-state index contributed by atoms with van der Waals surface area (Å²) in [6.07, 6.45) is 6.18. The van der Waals surface area contributed by atoms with Gasteiger partial charge in [-0.15, -0.1) is 0 Å². The average Bonchev–Trinajstić information content (AvgIpc) is 2.28. The number of hydrazine groups is 1. The first kappa shape index (κ1) is 12.5. The Morgan fingerprint density at radius 3 is 2.75 bits per heavy atom. The Morgan fingerprint density at radius 2 is 2.12 bits per heavy atom. The molecule has 0 saturated heterocycles. The average molecular weight is 222 g/mol. The lowest BCUT2D eigenvalue weighted by atomic mass is 10.1. The Hall–Kier alpha value is -1.54. The van der Waals surface area contributed by atoms with Gasteiger partial charge in [0.15, 0.2) is 0 Å². The second-order valence-corrected chi connectivity index (χ2v) is 3.95. The number of unbranched alkanes of at least 4 members (excludes halogenated alkanes) is 3. The van der Waals surface area contributed by atoms with Crippen molar-refractivity contribution in [3.05, 3.63) is 17.3 Å². The van der Waals surface area contributed by atoms with E-state index in [-0.39, 0.29) is 11.5 Å². The molecule has 0 fully saturated rings. The van der Waals surface area contributed by atoms with E-state index in [0.29, 0.717) is 0 Å². The highest BCUT2D eigenvalue weighted by Gasteiger charge is 2.19. The van der Waals surface area contributed by atoms with Crippen molar-refractivity contribution >= 4 is 11.8 Å². The number of hydrogen-bond acceptors (Lipinski definition) is 3. The third-order valence-electron chi connectivity index (χ3n) is 2.61. The number of rotatable bonds is 5. The second-order valence-electron chi connectivity index (χ2n) is 3.95. The maximum absolute atomic E-state index is 11.4. The van der Waals surface area contributed by atoms with E-state index in [4.69, 9.17) is 0 Å². The van der Waals surface area contributed by atoms with E-state index in [1.807, 2.05) is 6.92 Å².